The largest absolute Gasteiger partial charge is 0.326 e. The van der Waals surface area contributed by atoms with Crippen LogP contribution >= 0.6 is 11.8 Å². The molecule has 0 bridgehead atoms. The number of thioether (sulfide) groups is 1. The van der Waals surface area contributed by atoms with Gasteiger partial charge >= 0.3 is 0 Å². The van der Waals surface area contributed by atoms with E-state index in [0.29, 0.717) is 23.9 Å². The predicted octanol–water partition coefficient (Wildman–Crippen LogP) is 2.79. The number of carbonyl (C=O) groups is 1. The van der Waals surface area contributed by atoms with E-state index in [1.807, 2.05) is 24.3 Å². The Kier molecular flexibility index (Phi) is 4.60. The van der Waals surface area contributed by atoms with E-state index in [2.05, 4.69) is 20.8 Å². The van der Waals surface area contributed by atoms with E-state index in [9.17, 15) is 9.18 Å². The highest BCUT2D eigenvalue weighted by Crippen LogP contribution is 2.25. The Morgan fingerprint density at radius 1 is 1.30 bits per heavy atom. The number of amides is 1. The monoisotopic (exact) mass is 379 g/mol. The fraction of sp³-hybridized carbons (Fsp3) is 0.158. The van der Waals surface area contributed by atoms with Crippen LogP contribution in [0.15, 0.2) is 46.5 Å². The molecule has 2 heterocycles. The van der Waals surface area contributed by atoms with Crippen LogP contribution in [0, 0.1) is 17.1 Å². The van der Waals surface area contributed by atoms with E-state index >= 15 is 0 Å². The van der Waals surface area contributed by atoms with Crippen LogP contribution in [0.2, 0.25) is 0 Å². The van der Waals surface area contributed by atoms with Crippen molar-refractivity contribution in [2.24, 2.45) is 10.1 Å². The predicted molar refractivity (Wildman–Crippen MR) is 103 cm³/mol. The maximum atomic E-state index is 13.4. The van der Waals surface area contributed by atoms with Gasteiger partial charge in [0.1, 0.15) is 11.9 Å². The topological polar surface area (TPSA) is 89.6 Å². The maximum absolute atomic E-state index is 13.4. The standard InChI is InChI=1S/C19H14FN5OS/c20-15-4-1-11(5-14(15)8-21)9-22-19-25-24-17(10-27-19)12-2-3-13-7-18(26)23-16(13)6-12/h1-6H,7,9-10H2,(H,22,25)(H,23,26). The summed E-state index contributed by atoms with van der Waals surface area (Å²) in [5.41, 5.74) is 7.36. The zero-order chi connectivity index (χ0) is 18.8. The molecule has 0 aliphatic carbocycles. The Balaban J connectivity index is 1.44. The molecular formula is C19H14FN5OS. The summed E-state index contributed by atoms with van der Waals surface area (Å²) in [4.78, 5) is 15.9. The number of fused-ring (bicyclic) bond motifs is 1. The number of nitriles is 1. The van der Waals surface area contributed by atoms with Crippen LogP contribution < -0.4 is 10.7 Å². The molecule has 2 aliphatic heterocycles. The molecule has 2 N–H and O–H groups in total. The number of aliphatic imine (C=N–C) groups is 1. The van der Waals surface area contributed by atoms with Crippen molar-refractivity contribution in [2.75, 3.05) is 11.1 Å². The zero-order valence-corrected chi connectivity index (χ0v) is 14.9. The smallest absolute Gasteiger partial charge is 0.228 e. The maximum Gasteiger partial charge on any atom is 0.228 e. The Morgan fingerprint density at radius 2 is 2.19 bits per heavy atom. The molecule has 6 nitrogen and oxygen atoms in total. The number of anilines is 1. The second-order valence-electron chi connectivity index (χ2n) is 6.10. The molecule has 0 spiro atoms. The van der Waals surface area contributed by atoms with Crippen molar-refractivity contribution in [1.82, 2.24) is 5.43 Å². The lowest BCUT2D eigenvalue weighted by atomic mass is 10.1. The summed E-state index contributed by atoms with van der Waals surface area (Å²) in [7, 11) is 0. The molecule has 0 atom stereocenters. The van der Waals surface area contributed by atoms with Crippen LogP contribution in [0.25, 0.3) is 0 Å². The van der Waals surface area contributed by atoms with Gasteiger partial charge in [0, 0.05) is 17.0 Å². The third-order valence-corrected chi connectivity index (χ3v) is 5.17. The van der Waals surface area contributed by atoms with Crippen LogP contribution in [-0.4, -0.2) is 22.5 Å². The van der Waals surface area contributed by atoms with Crippen molar-refractivity contribution in [2.45, 2.75) is 13.0 Å². The van der Waals surface area contributed by atoms with Crippen molar-refractivity contribution in [3.8, 4) is 6.07 Å². The highest BCUT2D eigenvalue weighted by molar-refractivity contribution is 8.14. The number of hydrazone groups is 1. The minimum Gasteiger partial charge on any atom is -0.326 e. The first-order valence-corrected chi connectivity index (χ1v) is 9.22. The summed E-state index contributed by atoms with van der Waals surface area (Å²) in [6, 6.07) is 12.1. The van der Waals surface area contributed by atoms with Gasteiger partial charge in [-0.2, -0.15) is 10.4 Å². The quantitative estimate of drug-likeness (QED) is 0.858. The molecule has 8 heteroatoms. The normalized spacial score (nSPS) is 17.0. The molecule has 4 rings (SSSR count). The lowest BCUT2D eigenvalue weighted by molar-refractivity contribution is -0.115. The summed E-state index contributed by atoms with van der Waals surface area (Å²) >= 11 is 1.51. The molecule has 0 unspecified atom stereocenters. The van der Waals surface area contributed by atoms with Gasteiger partial charge in [-0.25, -0.2) is 4.39 Å². The van der Waals surface area contributed by atoms with E-state index in [1.165, 1.54) is 23.9 Å². The second kappa shape index (κ2) is 7.21. The van der Waals surface area contributed by atoms with Crippen molar-refractivity contribution < 1.29 is 9.18 Å². The number of rotatable bonds is 3. The lowest BCUT2D eigenvalue weighted by Gasteiger charge is -2.15. The Morgan fingerprint density at radius 3 is 2.96 bits per heavy atom. The average Bonchev–Trinajstić information content (AvgIpc) is 3.07. The minimum absolute atomic E-state index is 0.00926. The van der Waals surface area contributed by atoms with Gasteiger partial charge in [0.15, 0.2) is 5.17 Å². The van der Waals surface area contributed by atoms with Gasteiger partial charge in [-0.3, -0.25) is 15.2 Å². The summed E-state index contributed by atoms with van der Waals surface area (Å²) in [5, 5.41) is 16.8. The summed E-state index contributed by atoms with van der Waals surface area (Å²) in [6.07, 6.45) is 0.419. The number of nitrogens with zero attached hydrogens (tertiary/aromatic N) is 3. The van der Waals surface area contributed by atoms with Gasteiger partial charge in [0.2, 0.25) is 5.91 Å². The van der Waals surface area contributed by atoms with Crippen LogP contribution in [0.5, 0.6) is 0 Å². The number of nitrogens with one attached hydrogen (secondary N) is 2. The second-order valence-corrected chi connectivity index (χ2v) is 7.07. The summed E-state index contributed by atoms with van der Waals surface area (Å²) < 4.78 is 13.4. The number of halogens is 1. The molecule has 2 aromatic rings. The third kappa shape index (κ3) is 3.68. The molecule has 2 aromatic carbocycles. The van der Waals surface area contributed by atoms with Gasteiger partial charge in [-0.05, 0) is 29.3 Å². The fourth-order valence-electron chi connectivity index (χ4n) is 2.86. The Hall–Kier alpha value is -3.18. The van der Waals surface area contributed by atoms with Crippen LogP contribution in [0.1, 0.15) is 22.3 Å². The van der Waals surface area contributed by atoms with Gasteiger partial charge in [0.25, 0.3) is 0 Å². The van der Waals surface area contributed by atoms with Gasteiger partial charge in [-0.1, -0.05) is 30.0 Å². The van der Waals surface area contributed by atoms with Crippen molar-refractivity contribution in [1.29, 1.82) is 5.26 Å². The Bertz CT molecular complexity index is 1040. The molecule has 0 saturated heterocycles. The van der Waals surface area contributed by atoms with Crippen molar-refractivity contribution >= 4 is 34.2 Å². The first-order chi connectivity index (χ1) is 13.1. The van der Waals surface area contributed by atoms with Gasteiger partial charge in [-0.15, -0.1) is 0 Å². The zero-order valence-electron chi connectivity index (χ0n) is 14.1. The lowest BCUT2D eigenvalue weighted by Crippen LogP contribution is -2.25. The number of amidine groups is 1. The number of carbonyl (C=O) groups excluding carboxylic acids is 1. The number of benzene rings is 2. The van der Waals surface area contributed by atoms with Gasteiger partial charge in [0.05, 0.1) is 24.2 Å². The highest BCUT2D eigenvalue weighted by atomic mass is 32.2. The minimum atomic E-state index is -0.529. The summed E-state index contributed by atoms with van der Waals surface area (Å²) in [5.74, 6) is 0.125. The molecular weight excluding hydrogens is 365 g/mol. The summed E-state index contributed by atoms with van der Waals surface area (Å²) in [6.45, 7) is 0.333. The van der Waals surface area contributed by atoms with Crippen molar-refractivity contribution in [3.63, 3.8) is 0 Å². The first kappa shape index (κ1) is 17.2. The van der Waals surface area contributed by atoms with E-state index < -0.39 is 5.82 Å². The molecule has 0 aromatic heterocycles. The molecule has 134 valence electrons. The Labute approximate surface area is 159 Å². The van der Waals surface area contributed by atoms with Crippen molar-refractivity contribution in [3.05, 3.63) is 64.5 Å². The van der Waals surface area contributed by atoms with E-state index in [0.717, 1.165) is 28.1 Å². The fourth-order valence-corrected chi connectivity index (χ4v) is 3.63. The highest BCUT2D eigenvalue weighted by Gasteiger charge is 2.20. The average molecular weight is 379 g/mol. The first-order valence-electron chi connectivity index (χ1n) is 8.24. The van der Waals surface area contributed by atoms with Crippen LogP contribution in [0.4, 0.5) is 10.1 Å². The number of hydrogen-bond acceptors (Lipinski definition) is 5. The van der Waals surface area contributed by atoms with E-state index in [-0.39, 0.29) is 11.5 Å². The van der Waals surface area contributed by atoms with E-state index in [1.54, 1.807) is 6.07 Å². The van der Waals surface area contributed by atoms with Gasteiger partial charge < -0.3 is 5.32 Å². The van der Waals surface area contributed by atoms with Crippen LogP contribution in [0.3, 0.4) is 0 Å². The van der Waals surface area contributed by atoms with Crippen LogP contribution in [-0.2, 0) is 17.8 Å². The third-order valence-electron chi connectivity index (χ3n) is 4.26. The SMILES string of the molecule is N#Cc1cc(CN=C2NN=C(c3ccc4c(c3)NC(=O)C4)CS2)ccc1F. The molecule has 0 fully saturated rings. The molecule has 0 radical (unpaired) electrons. The molecule has 0 saturated carbocycles. The van der Waals surface area contributed by atoms with E-state index in [4.69, 9.17) is 5.26 Å². The molecule has 1 amide bonds. The molecule has 27 heavy (non-hydrogen) atoms. The molecule has 2 aliphatic rings. The number of hydrogen-bond donors (Lipinski definition) is 2.